The second-order valence-corrected chi connectivity index (χ2v) is 6.22. The Morgan fingerprint density at radius 2 is 2.00 bits per heavy atom. The van der Waals surface area contributed by atoms with Crippen molar-refractivity contribution in [3.05, 3.63) is 30.1 Å². The first-order valence-electron chi connectivity index (χ1n) is 8.04. The van der Waals surface area contributed by atoms with Gasteiger partial charge in [-0.1, -0.05) is 6.92 Å². The van der Waals surface area contributed by atoms with E-state index in [0.29, 0.717) is 18.7 Å². The predicted octanol–water partition coefficient (Wildman–Crippen LogP) is 2.80. The summed E-state index contributed by atoms with van der Waals surface area (Å²) in [5.74, 6) is 0.0705. The van der Waals surface area contributed by atoms with Gasteiger partial charge in [-0.15, -0.1) is 0 Å². The molecule has 0 spiro atoms. The number of rotatable bonds is 5. The number of benzene rings is 1. The van der Waals surface area contributed by atoms with Crippen LogP contribution in [0.3, 0.4) is 0 Å². The third-order valence-electron chi connectivity index (χ3n) is 4.77. The van der Waals surface area contributed by atoms with Crippen molar-refractivity contribution in [3.8, 4) is 5.75 Å². The average Bonchev–Trinajstić information content (AvgIpc) is 3.05. The van der Waals surface area contributed by atoms with E-state index in [-0.39, 0.29) is 30.4 Å². The van der Waals surface area contributed by atoms with Gasteiger partial charge < -0.3 is 9.64 Å². The van der Waals surface area contributed by atoms with E-state index in [0.717, 1.165) is 12.8 Å². The highest BCUT2D eigenvalue weighted by Crippen LogP contribution is 2.40. The molecule has 6 heteroatoms. The van der Waals surface area contributed by atoms with Crippen molar-refractivity contribution in [1.29, 1.82) is 0 Å². The Balaban J connectivity index is 1.69. The molecule has 1 aromatic carbocycles. The molecular formula is C17H21FN2O3. The SMILES string of the molecule is CC[C@@]12CCCN1C(=O)N(C[C@@H](C)Oc1ccc(F)cc1)C2=O. The normalized spacial score (nSPS) is 25.0. The molecule has 2 heterocycles. The molecule has 2 fully saturated rings. The third-order valence-corrected chi connectivity index (χ3v) is 4.77. The molecule has 1 aromatic rings. The van der Waals surface area contributed by atoms with Crippen LogP contribution in [0.1, 0.15) is 33.1 Å². The Bertz CT molecular complexity index is 619. The van der Waals surface area contributed by atoms with Crippen LogP contribution in [0.15, 0.2) is 24.3 Å². The van der Waals surface area contributed by atoms with E-state index in [1.54, 1.807) is 11.8 Å². The van der Waals surface area contributed by atoms with Crippen LogP contribution in [-0.4, -0.2) is 46.5 Å². The molecule has 23 heavy (non-hydrogen) atoms. The maximum Gasteiger partial charge on any atom is 0.327 e. The number of urea groups is 1. The molecule has 0 saturated carbocycles. The fourth-order valence-corrected chi connectivity index (χ4v) is 3.58. The van der Waals surface area contributed by atoms with Crippen LogP contribution in [0.5, 0.6) is 5.75 Å². The van der Waals surface area contributed by atoms with E-state index < -0.39 is 5.54 Å². The smallest absolute Gasteiger partial charge is 0.327 e. The van der Waals surface area contributed by atoms with Crippen molar-refractivity contribution in [2.45, 2.75) is 44.8 Å². The Morgan fingerprint density at radius 3 is 2.61 bits per heavy atom. The van der Waals surface area contributed by atoms with Gasteiger partial charge in [-0.25, -0.2) is 9.18 Å². The maximum atomic E-state index is 12.9. The zero-order chi connectivity index (χ0) is 16.6. The van der Waals surface area contributed by atoms with Crippen molar-refractivity contribution >= 4 is 11.9 Å². The summed E-state index contributed by atoms with van der Waals surface area (Å²) in [6.07, 6.45) is 1.89. The summed E-state index contributed by atoms with van der Waals surface area (Å²) in [5.41, 5.74) is -0.646. The lowest BCUT2D eigenvalue weighted by Gasteiger charge is -2.26. The van der Waals surface area contributed by atoms with E-state index in [1.807, 2.05) is 6.92 Å². The molecule has 0 unspecified atom stereocenters. The number of carbonyl (C=O) groups excluding carboxylic acids is 2. The van der Waals surface area contributed by atoms with Gasteiger partial charge >= 0.3 is 6.03 Å². The van der Waals surface area contributed by atoms with Gasteiger partial charge in [-0.2, -0.15) is 0 Å². The summed E-state index contributed by atoms with van der Waals surface area (Å²) in [4.78, 5) is 28.3. The standard InChI is InChI=1S/C17H21FN2O3/c1-3-17-9-4-10-20(17)16(22)19(15(17)21)11-12(2)23-14-7-5-13(18)6-8-14/h5-8,12H,3-4,9-11H2,1-2H3/t12-,17+/m1/s1. The fraction of sp³-hybridized carbons (Fsp3) is 0.529. The number of carbonyl (C=O) groups is 2. The topological polar surface area (TPSA) is 49.9 Å². The molecule has 0 N–H and O–H groups in total. The number of amides is 3. The molecule has 0 radical (unpaired) electrons. The largest absolute Gasteiger partial charge is 0.489 e. The Labute approximate surface area is 135 Å². The van der Waals surface area contributed by atoms with E-state index in [1.165, 1.54) is 29.2 Å². The number of hydrogen-bond acceptors (Lipinski definition) is 3. The third kappa shape index (κ3) is 2.56. The van der Waals surface area contributed by atoms with Crippen LogP contribution in [0.25, 0.3) is 0 Å². The highest BCUT2D eigenvalue weighted by molar-refractivity contribution is 6.07. The fourth-order valence-electron chi connectivity index (χ4n) is 3.58. The molecule has 2 aliphatic rings. The highest BCUT2D eigenvalue weighted by Gasteiger charge is 2.58. The number of halogens is 1. The number of nitrogens with zero attached hydrogens (tertiary/aromatic N) is 2. The summed E-state index contributed by atoms with van der Waals surface area (Å²) in [6.45, 7) is 4.59. The Hall–Kier alpha value is -2.11. The van der Waals surface area contributed by atoms with Crippen molar-refractivity contribution in [1.82, 2.24) is 9.80 Å². The predicted molar refractivity (Wildman–Crippen MR) is 82.6 cm³/mol. The molecule has 3 amide bonds. The lowest BCUT2D eigenvalue weighted by Crippen LogP contribution is -2.45. The van der Waals surface area contributed by atoms with Crippen molar-refractivity contribution in [2.24, 2.45) is 0 Å². The average molecular weight is 320 g/mol. The van der Waals surface area contributed by atoms with Crippen LogP contribution in [0.2, 0.25) is 0 Å². The summed E-state index contributed by atoms with van der Waals surface area (Å²) >= 11 is 0. The van der Waals surface area contributed by atoms with E-state index in [4.69, 9.17) is 4.74 Å². The number of hydrogen-bond donors (Lipinski definition) is 0. The first-order valence-corrected chi connectivity index (χ1v) is 8.04. The van der Waals surface area contributed by atoms with Gasteiger partial charge in [-0.05, 0) is 50.5 Å². The highest BCUT2D eigenvalue weighted by atomic mass is 19.1. The van der Waals surface area contributed by atoms with E-state index in [2.05, 4.69) is 0 Å². The van der Waals surface area contributed by atoms with Gasteiger partial charge in [0.05, 0.1) is 6.54 Å². The minimum Gasteiger partial charge on any atom is -0.489 e. The molecule has 5 nitrogen and oxygen atoms in total. The van der Waals surface area contributed by atoms with Crippen LogP contribution < -0.4 is 4.74 Å². The van der Waals surface area contributed by atoms with E-state index in [9.17, 15) is 14.0 Å². The number of fused-ring (bicyclic) bond motifs is 1. The van der Waals surface area contributed by atoms with Crippen LogP contribution in [0.4, 0.5) is 9.18 Å². The molecule has 2 aliphatic heterocycles. The Morgan fingerprint density at radius 1 is 1.30 bits per heavy atom. The van der Waals surface area contributed by atoms with Gasteiger partial charge in [0.1, 0.15) is 23.2 Å². The van der Waals surface area contributed by atoms with Gasteiger partial charge in [-0.3, -0.25) is 9.69 Å². The monoisotopic (exact) mass is 320 g/mol. The molecule has 2 atom stereocenters. The molecule has 2 saturated heterocycles. The van der Waals surface area contributed by atoms with Crippen molar-refractivity contribution in [3.63, 3.8) is 0 Å². The lowest BCUT2D eigenvalue weighted by atomic mass is 9.93. The number of ether oxygens (including phenoxy) is 1. The summed E-state index contributed by atoms with van der Waals surface area (Å²) in [7, 11) is 0. The molecule has 124 valence electrons. The van der Waals surface area contributed by atoms with Crippen LogP contribution >= 0.6 is 0 Å². The summed E-state index contributed by atoms with van der Waals surface area (Å²) < 4.78 is 18.6. The van der Waals surface area contributed by atoms with Gasteiger partial charge in [0.2, 0.25) is 0 Å². The second kappa shape index (κ2) is 5.83. The second-order valence-electron chi connectivity index (χ2n) is 6.22. The Kier molecular flexibility index (Phi) is 4.00. The first-order chi connectivity index (χ1) is 11.0. The quantitative estimate of drug-likeness (QED) is 0.784. The van der Waals surface area contributed by atoms with Gasteiger partial charge in [0.25, 0.3) is 5.91 Å². The molecule has 0 bridgehead atoms. The minimum atomic E-state index is -0.646. The summed E-state index contributed by atoms with van der Waals surface area (Å²) in [5, 5.41) is 0. The minimum absolute atomic E-state index is 0.114. The van der Waals surface area contributed by atoms with Gasteiger partial charge in [0.15, 0.2) is 0 Å². The zero-order valence-corrected chi connectivity index (χ0v) is 13.4. The maximum absolute atomic E-state index is 12.9. The van der Waals surface area contributed by atoms with Crippen LogP contribution in [0, 0.1) is 5.82 Å². The van der Waals surface area contributed by atoms with Crippen molar-refractivity contribution in [2.75, 3.05) is 13.1 Å². The first kappa shape index (κ1) is 15.8. The molecule has 3 rings (SSSR count). The lowest BCUT2D eigenvalue weighted by molar-refractivity contribution is -0.133. The molecule has 0 aromatic heterocycles. The van der Waals surface area contributed by atoms with Crippen molar-refractivity contribution < 1.29 is 18.7 Å². The number of imide groups is 1. The van der Waals surface area contributed by atoms with Crippen LogP contribution in [-0.2, 0) is 4.79 Å². The molecule has 0 aliphatic carbocycles. The van der Waals surface area contributed by atoms with Gasteiger partial charge in [0, 0.05) is 6.54 Å². The molecular weight excluding hydrogens is 299 g/mol. The van der Waals surface area contributed by atoms with E-state index >= 15 is 0 Å². The zero-order valence-electron chi connectivity index (χ0n) is 13.4. The summed E-state index contributed by atoms with van der Waals surface area (Å²) in [6, 6.07) is 5.48.